The maximum absolute atomic E-state index is 12.1. The molecule has 0 aromatic heterocycles. The van der Waals surface area contributed by atoms with Gasteiger partial charge >= 0.3 is 0 Å². The molecule has 2 nitrogen and oxygen atoms in total. The lowest BCUT2D eigenvalue weighted by molar-refractivity contribution is -0.115. The van der Waals surface area contributed by atoms with Crippen LogP contribution in [-0.2, 0) is 4.79 Å². The fourth-order valence-electron chi connectivity index (χ4n) is 6.42. The molecular formula is C27H38O2. The summed E-state index contributed by atoms with van der Waals surface area (Å²) >= 11 is 0. The Morgan fingerprint density at radius 3 is 2.72 bits per heavy atom. The summed E-state index contributed by atoms with van der Waals surface area (Å²) in [6.07, 6.45) is 19.6. The fraction of sp³-hybridized carbons (Fsp3) is 0.667. The van der Waals surface area contributed by atoms with E-state index in [-0.39, 0.29) is 6.10 Å². The van der Waals surface area contributed by atoms with Gasteiger partial charge in [0.1, 0.15) is 0 Å². The largest absolute Gasteiger partial charge is 0.393 e. The van der Waals surface area contributed by atoms with Crippen LogP contribution in [0, 0.1) is 29.1 Å². The molecule has 4 aliphatic carbocycles. The molecule has 0 aromatic rings. The second-order valence-electron chi connectivity index (χ2n) is 10.4. The third-order valence-corrected chi connectivity index (χ3v) is 8.40. The molecule has 0 spiro atoms. The smallest absolute Gasteiger partial charge is 0.158 e. The van der Waals surface area contributed by atoms with E-state index in [4.69, 9.17) is 0 Å². The molecule has 158 valence electrons. The molecule has 0 aliphatic heterocycles. The summed E-state index contributed by atoms with van der Waals surface area (Å²) in [5, 5.41) is 10.0. The lowest BCUT2D eigenvalue weighted by Crippen LogP contribution is -2.35. The number of aliphatic hydroxyl groups excluding tert-OH is 1. The molecule has 0 saturated heterocycles. The Bertz CT molecular complexity index is 750. The number of hydrogen-bond donors (Lipinski definition) is 1. The molecule has 0 radical (unpaired) electrons. The summed E-state index contributed by atoms with van der Waals surface area (Å²) in [6, 6.07) is 0. The summed E-state index contributed by atoms with van der Waals surface area (Å²) in [6.45, 7) is 9.04. The number of carbonyl (C=O) groups is 1. The van der Waals surface area contributed by atoms with E-state index < -0.39 is 0 Å². The second-order valence-corrected chi connectivity index (χ2v) is 10.4. The molecule has 0 heterocycles. The van der Waals surface area contributed by atoms with Crippen LogP contribution in [0.5, 0.6) is 0 Å². The van der Waals surface area contributed by atoms with Crippen LogP contribution in [0.2, 0.25) is 0 Å². The van der Waals surface area contributed by atoms with Crippen molar-refractivity contribution in [2.75, 3.05) is 0 Å². The standard InChI is InChI=1S/C27H38O2/c1-18-6-12-23(28)17-22(18)11-8-20-5-4-16-27(3)24(13-14-25(20)27)19(2)7-15-26(29)21-9-10-21/h7-8,11,15,19,21,23-25,28H,1,4-6,9-10,12-14,16-17H2,2-3H3/b15-7+,20-8+,22-11+/t19?,23-,24+,25-,27+/m0/s1. The van der Waals surface area contributed by atoms with Crippen molar-refractivity contribution in [3.63, 3.8) is 0 Å². The SMILES string of the molecule is C=C1CC[C@H](O)C/C1=C\C=C1/CCC[C@]2(C)[C@@H](C(C)/C=C/C(=O)C3CC3)CC[C@@H]12. The van der Waals surface area contributed by atoms with Gasteiger partial charge in [0.25, 0.3) is 0 Å². The van der Waals surface area contributed by atoms with Crippen LogP contribution >= 0.6 is 0 Å². The summed E-state index contributed by atoms with van der Waals surface area (Å²) < 4.78 is 0. The van der Waals surface area contributed by atoms with E-state index in [1.54, 1.807) is 5.57 Å². The summed E-state index contributed by atoms with van der Waals surface area (Å²) in [4.78, 5) is 12.1. The Morgan fingerprint density at radius 1 is 1.17 bits per heavy atom. The fourth-order valence-corrected chi connectivity index (χ4v) is 6.42. The maximum Gasteiger partial charge on any atom is 0.158 e. The lowest BCUT2D eigenvalue weighted by Gasteiger charge is -2.44. The number of hydrogen-bond acceptors (Lipinski definition) is 2. The van der Waals surface area contributed by atoms with Crippen LogP contribution in [0.3, 0.4) is 0 Å². The number of allylic oxidation sites excluding steroid dienone is 6. The van der Waals surface area contributed by atoms with Crippen LogP contribution in [0.15, 0.2) is 47.6 Å². The van der Waals surface area contributed by atoms with Crippen LogP contribution in [-0.4, -0.2) is 17.0 Å². The summed E-state index contributed by atoms with van der Waals surface area (Å²) in [5.74, 6) is 2.48. The first kappa shape index (κ1) is 20.8. The minimum atomic E-state index is -0.205. The highest BCUT2D eigenvalue weighted by molar-refractivity contribution is 5.93. The van der Waals surface area contributed by atoms with Crippen molar-refractivity contribution in [2.24, 2.45) is 29.1 Å². The van der Waals surface area contributed by atoms with Gasteiger partial charge in [-0.1, -0.05) is 49.8 Å². The van der Waals surface area contributed by atoms with Crippen LogP contribution in [0.1, 0.15) is 78.1 Å². The molecule has 4 rings (SSSR count). The lowest BCUT2D eigenvalue weighted by atomic mass is 9.61. The van der Waals surface area contributed by atoms with Gasteiger partial charge in [0.2, 0.25) is 0 Å². The molecule has 5 atom stereocenters. The Kier molecular flexibility index (Phi) is 6.02. The van der Waals surface area contributed by atoms with Gasteiger partial charge in [-0.15, -0.1) is 0 Å². The second kappa shape index (κ2) is 8.38. The van der Waals surface area contributed by atoms with Crippen LogP contribution in [0.25, 0.3) is 0 Å². The molecule has 4 aliphatic rings. The van der Waals surface area contributed by atoms with Gasteiger partial charge in [0.15, 0.2) is 5.78 Å². The number of carbonyl (C=O) groups excluding carboxylic acids is 1. The molecule has 0 bridgehead atoms. The molecule has 4 saturated carbocycles. The monoisotopic (exact) mass is 394 g/mol. The average molecular weight is 395 g/mol. The Balaban J connectivity index is 1.48. The summed E-state index contributed by atoms with van der Waals surface area (Å²) in [7, 11) is 0. The number of rotatable bonds is 5. The van der Waals surface area contributed by atoms with Gasteiger partial charge in [-0.25, -0.2) is 0 Å². The quantitative estimate of drug-likeness (QED) is 0.553. The highest BCUT2D eigenvalue weighted by Crippen LogP contribution is 2.59. The van der Waals surface area contributed by atoms with Crippen molar-refractivity contribution in [1.82, 2.24) is 0 Å². The minimum absolute atomic E-state index is 0.205. The van der Waals surface area contributed by atoms with Crippen molar-refractivity contribution >= 4 is 5.78 Å². The van der Waals surface area contributed by atoms with Crippen molar-refractivity contribution < 1.29 is 9.90 Å². The van der Waals surface area contributed by atoms with Gasteiger partial charge < -0.3 is 5.11 Å². The van der Waals surface area contributed by atoms with Gasteiger partial charge in [-0.2, -0.15) is 0 Å². The van der Waals surface area contributed by atoms with Gasteiger partial charge in [0.05, 0.1) is 6.10 Å². The van der Waals surface area contributed by atoms with Gasteiger partial charge in [-0.3, -0.25) is 4.79 Å². The molecule has 0 aromatic carbocycles. The topological polar surface area (TPSA) is 37.3 Å². The van der Waals surface area contributed by atoms with Crippen molar-refractivity contribution in [2.45, 2.75) is 84.2 Å². The van der Waals surface area contributed by atoms with E-state index in [1.807, 2.05) is 6.08 Å². The first-order valence-corrected chi connectivity index (χ1v) is 11.9. The molecule has 2 heteroatoms. The zero-order valence-corrected chi connectivity index (χ0v) is 18.3. The Labute approximate surface area is 176 Å². The molecule has 29 heavy (non-hydrogen) atoms. The van der Waals surface area contributed by atoms with E-state index in [2.05, 4.69) is 38.7 Å². The minimum Gasteiger partial charge on any atom is -0.393 e. The zero-order chi connectivity index (χ0) is 20.6. The van der Waals surface area contributed by atoms with Crippen LogP contribution < -0.4 is 0 Å². The molecule has 1 unspecified atom stereocenters. The van der Waals surface area contributed by atoms with Crippen molar-refractivity contribution in [3.05, 3.63) is 47.6 Å². The summed E-state index contributed by atoms with van der Waals surface area (Å²) in [5.41, 5.74) is 4.40. The van der Waals surface area contributed by atoms with Crippen molar-refractivity contribution in [1.29, 1.82) is 0 Å². The third-order valence-electron chi connectivity index (χ3n) is 8.40. The Hall–Kier alpha value is -1.41. The van der Waals surface area contributed by atoms with Crippen molar-refractivity contribution in [3.8, 4) is 0 Å². The van der Waals surface area contributed by atoms with E-state index in [0.717, 1.165) is 32.1 Å². The van der Waals surface area contributed by atoms with Crippen LogP contribution in [0.4, 0.5) is 0 Å². The molecule has 1 N–H and O–H groups in total. The Morgan fingerprint density at radius 2 is 1.97 bits per heavy atom. The molecular weight excluding hydrogens is 356 g/mol. The zero-order valence-electron chi connectivity index (χ0n) is 18.3. The third kappa shape index (κ3) is 4.38. The predicted octanol–water partition coefficient (Wildman–Crippen LogP) is 6.33. The van der Waals surface area contributed by atoms with E-state index >= 15 is 0 Å². The number of aliphatic hydroxyl groups is 1. The average Bonchev–Trinajstić information content (AvgIpc) is 3.48. The number of fused-ring (bicyclic) bond motifs is 1. The van der Waals surface area contributed by atoms with E-state index in [0.29, 0.717) is 34.9 Å². The molecule has 0 amide bonds. The first-order chi connectivity index (χ1) is 13.9. The van der Waals surface area contributed by atoms with Gasteiger partial charge in [0, 0.05) is 5.92 Å². The normalized spacial score (nSPS) is 39.3. The maximum atomic E-state index is 12.1. The predicted molar refractivity (Wildman–Crippen MR) is 119 cm³/mol. The molecule has 4 fully saturated rings. The highest BCUT2D eigenvalue weighted by Gasteiger charge is 2.50. The highest BCUT2D eigenvalue weighted by atomic mass is 16.3. The van der Waals surface area contributed by atoms with Gasteiger partial charge in [-0.05, 0) is 99.0 Å². The number of ketones is 1. The van der Waals surface area contributed by atoms with E-state index in [1.165, 1.54) is 43.3 Å². The first-order valence-electron chi connectivity index (χ1n) is 11.9. The van der Waals surface area contributed by atoms with E-state index in [9.17, 15) is 9.90 Å².